The van der Waals surface area contributed by atoms with Crippen molar-refractivity contribution in [3.8, 4) is 5.75 Å². The number of anilines is 1. The van der Waals surface area contributed by atoms with Gasteiger partial charge in [0, 0.05) is 29.1 Å². The molecular formula is C15H23BrN2O. The number of piperazine rings is 1. The molecule has 1 atom stereocenters. The fourth-order valence-corrected chi connectivity index (χ4v) is 3.00. The summed E-state index contributed by atoms with van der Waals surface area (Å²) < 4.78 is 6.62. The van der Waals surface area contributed by atoms with Crippen molar-refractivity contribution < 1.29 is 4.74 Å². The maximum atomic E-state index is 5.53. The van der Waals surface area contributed by atoms with E-state index in [0.717, 1.165) is 29.7 Å². The smallest absolute Gasteiger partial charge is 0.142 e. The van der Waals surface area contributed by atoms with Crippen molar-refractivity contribution in [3.63, 3.8) is 0 Å². The van der Waals surface area contributed by atoms with Crippen LogP contribution in [-0.4, -0.2) is 31.8 Å². The van der Waals surface area contributed by atoms with E-state index < -0.39 is 0 Å². The van der Waals surface area contributed by atoms with E-state index in [1.54, 1.807) is 7.11 Å². The van der Waals surface area contributed by atoms with E-state index in [2.05, 4.69) is 53.0 Å². The quantitative estimate of drug-likeness (QED) is 0.921. The molecule has 106 valence electrons. The molecule has 0 saturated carbocycles. The lowest BCUT2D eigenvalue weighted by atomic mass is 9.96. The number of methoxy groups -OCH3 is 1. The highest BCUT2D eigenvalue weighted by atomic mass is 79.9. The van der Waals surface area contributed by atoms with Gasteiger partial charge in [0.25, 0.3) is 0 Å². The normalized spacial score (nSPS) is 22.4. The van der Waals surface area contributed by atoms with Crippen LogP contribution in [0.2, 0.25) is 0 Å². The number of nitrogens with one attached hydrogen (secondary N) is 1. The van der Waals surface area contributed by atoms with Crippen molar-refractivity contribution in [3.05, 3.63) is 22.7 Å². The van der Waals surface area contributed by atoms with E-state index in [4.69, 9.17) is 4.74 Å². The van der Waals surface area contributed by atoms with Gasteiger partial charge in [0.1, 0.15) is 5.75 Å². The minimum absolute atomic E-state index is 0.124. The van der Waals surface area contributed by atoms with Gasteiger partial charge in [-0.3, -0.25) is 0 Å². The van der Waals surface area contributed by atoms with E-state index in [-0.39, 0.29) is 5.54 Å². The van der Waals surface area contributed by atoms with Gasteiger partial charge in [-0.15, -0.1) is 0 Å². The first-order chi connectivity index (χ1) is 8.96. The summed E-state index contributed by atoms with van der Waals surface area (Å²) >= 11 is 3.56. The van der Waals surface area contributed by atoms with Crippen LogP contribution >= 0.6 is 15.9 Å². The predicted molar refractivity (Wildman–Crippen MR) is 84.2 cm³/mol. The van der Waals surface area contributed by atoms with Gasteiger partial charge >= 0.3 is 0 Å². The largest absolute Gasteiger partial charge is 0.495 e. The van der Waals surface area contributed by atoms with E-state index in [0.29, 0.717) is 6.04 Å². The van der Waals surface area contributed by atoms with Crippen molar-refractivity contribution in [2.75, 3.05) is 25.1 Å². The zero-order valence-corrected chi connectivity index (χ0v) is 13.8. The molecule has 0 aliphatic carbocycles. The molecule has 1 aliphatic rings. The van der Waals surface area contributed by atoms with Gasteiger partial charge in [-0.25, -0.2) is 0 Å². The average Bonchev–Trinajstić information content (AvgIpc) is 2.37. The predicted octanol–water partition coefficient (Wildman–Crippen LogP) is 3.42. The van der Waals surface area contributed by atoms with Crippen LogP contribution in [-0.2, 0) is 0 Å². The summed E-state index contributed by atoms with van der Waals surface area (Å²) in [6.45, 7) is 8.73. The van der Waals surface area contributed by atoms with Crippen LogP contribution in [0.3, 0.4) is 0 Å². The molecule has 1 heterocycles. The molecule has 1 aromatic carbocycles. The van der Waals surface area contributed by atoms with Crippen LogP contribution in [0, 0.1) is 0 Å². The van der Waals surface area contributed by atoms with E-state index in [9.17, 15) is 0 Å². The first-order valence-electron chi connectivity index (χ1n) is 6.82. The standard InChI is InChI=1S/C15H23BrN2O/c1-5-12-9-17-15(2,3)10-18(12)13-8-11(16)6-7-14(13)19-4/h6-8,12,17H,5,9-10H2,1-4H3. The Kier molecular flexibility index (Phi) is 4.41. The molecule has 0 bridgehead atoms. The molecule has 4 heteroatoms. The molecule has 1 aliphatic heterocycles. The Morgan fingerprint density at radius 1 is 1.47 bits per heavy atom. The van der Waals surface area contributed by atoms with Crippen LogP contribution in [0.4, 0.5) is 5.69 Å². The zero-order chi connectivity index (χ0) is 14.0. The molecule has 1 fully saturated rings. The number of nitrogens with zero attached hydrogens (tertiary/aromatic N) is 1. The zero-order valence-electron chi connectivity index (χ0n) is 12.2. The Bertz CT molecular complexity index is 448. The summed E-state index contributed by atoms with van der Waals surface area (Å²) in [5.41, 5.74) is 1.30. The first-order valence-corrected chi connectivity index (χ1v) is 7.61. The molecule has 0 amide bonds. The summed E-state index contributed by atoms with van der Waals surface area (Å²) in [5.74, 6) is 0.944. The molecule has 3 nitrogen and oxygen atoms in total. The van der Waals surface area contributed by atoms with Crippen molar-refractivity contribution in [2.24, 2.45) is 0 Å². The Morgan fingerprint density at radius 2 is 2.21 bits per heavy atom. The first kappa shape index (κ1) is 14.7. The van der Waals surface area contributed by atoms with Gasteiger partial charge in [0.05, 0.1) is 12.8 Å². The lowest BCUT2D eigenvalue weighted by molar-refractivity contribution is 0.303. The number of halogens is 1. The maximum absolute atomic E-state index is 5.53. The minimum atomic E-state index is 0.124. The SMILES string of the molecule is CCC1CNC(C)(C)CN1c1cc(Br)ccc1OC. The second kappa shape index (κ2) is 5.71. The van der Waals surface area contributed by atoms with Crippen molar-refractivity contribution in [1.82, 2.24) is 5.32 Å². The van der Waals surface area contributed by atoms with Gasteiger partial charge in [-0.05, 0) is 38.5 Å². The molecule has 1 unspecified atom stereocenters. The number of rotatable bonds is 3. The summed E-state index contributed by atoms with van der Waals surface area (Å²) in [6.07, 6.45) is 1.12. The molecule has 0 radical (unpaired) electrons. The third-order valence-electron chi connectivity index (χ3n) is 3.74. The van der Waals surface area contributed by atoms with Crippen molar-refractivity contribution >= 4 is 21.6 Å². The van der Waals surface area contributed by atoms with Crippen molar-refractivity contribution in [1.29, 1.82) is 0 Å². The van der Waals surface area contributed by atoms with E-state index >= 15 is 0 Å². The van der Waals surface area contributed by atoms with Gasteiger partial charge in [0.2, 0.25) is 0 Å². The maximum Gasteiger partial charge on any atom is 0.142 e. The van der Waals surface area contributed by atoms with Crippen LogP contribution in [0.1, 0.15) is 27.2 Å². The molecule has 0 spiro atoms. The van der Waals surface area contributed by atoms with Crippen LogP contribution in [0.25, 0.3) is 0 Å². The monoisotopic (exact) mass is 326 g/mol. The number of hydrogen-bond acceptors (Lipinski definition) is 3. The molecule has 1 aromatic rings. The number of hydrogen-bond donors (Lipinski definition) is 1. The van der Waals surface area contributed by atoms with Gasteiger partial charge < -0.3 is 15.0 Å². The number of ether oxygens (including phenoxy) is 1. The highest BCUT2D eigenvalue weighted by molar-refractivity contribution is 9.10. The fraction of sp³-hybridized carbons (Fsp3) is 0.600. The van der Waals surface area contributed by atoms with Crippen LogP contribution < -0.4 is 15.0 Å². The van der Waals surface area contributed by atoms with E-state index in [1.165, 1.54) is 5.69 Å². The molecule has 19 heavy (non-hydrogen) atoms. The fourth-order valence-electron chi connectivity index (χ4n) is 2.65. The summed E-state index contributed by atoms with van der Waals surface area (Å²) in [7, 11) is 1.74. The Balaban J connectivity index is 2.38. The molecule has 1 saturated heterocycles. The molecule has 0 aromatic heterocycles. The second-order valence-electron chi connectivity index (χ2n) is 5.77. The molecule has 1 N–H and O–H groups in total. The average molecular weight is 327 g/mol. The summed E-state index contributed by atoms with van der Waals surface area (Å²) in [4.78, 5) is 2.47. The Hall–Kier alpha value is -0.740. The topological polar surface area (TPSA) is 24.5 Å². The third kappa shape index (κ3) is 3.23. The van der Waals surface area contributed by atoms with Crippen LogP contribution in [0.15, 0.2) is 22.7 Å². The molecule has 2 rings (SSSR count). The minimum Gasteiger partial charge on any atom is -0.495 e. The summed E-state index contributed by atoms with van der Waals surface area (Å²) in [6, 6.07) is 6.72. The Labute approximate surface area is 124 Å². The van der Waals surface area contributed by atoms with Crippen molar-refractivity contribution in [2.45, 2.75) is 38.8 Å². The third-order valence-corrected chi connectivity index (χ3v) is 4.24. The number of benzene rings is 1. The molecular weight excluding hydrogens is 304 g/mol. The summed E-state index contributed by atoms with van der Waals surface area (Å²) in [5, 5.41) is 3.62. The lowest BCUT2D eigenvalue weighted by Crippen LogP contribution is -2.61. The lowest BCUT2D eigenvalue weighted by Gasteiger charge is -2.46. The van der Waals surface area contributed by atoms with E-state index in [1.807, 2.05) is 12.1 Å². The highest BCUT2D eigenvalue weighted by Gasteiger charge is 2.32. The highest BCUT2D eigenvalue weighted by Crippen LogP contribution is 2.35. The van der Waals surface area contributed by atoms with Gasteiger partial charge in [-0.2, -0.15) is 0 Å². The van der Waals surface area contributed by atoms with Crippen LogP contribution in [0.5, 0.6) is 5.75 Å². The van der Waals surface area contributed by atoms with Gasteiger partial charge in [-0.1, -0.05) is 22.9 Å². The Morgan fingerprint density at radius 3 is 2.84 bits per heavy atom. The van der Waals surface area contributed by atoms with Gasteiger partial charge in [0.15, 0.2) is 0 Å². The second-order valence-corrected chi connectivity index (χ2v) is 6.69.